The zero-order chi connectivity index (χ0) is 14.1. The van der Waals surface area contributed by atoms with Crippen molar-refractivity contribution in [2.24, 2.45) is 5.92 Å². The molecule has 0 aromatic rings. The predicted octanol–water partition coefficient (Wildman–Crippen LogP) is 1.06. The van der Waals surface area contributed by atoms with E-state index in [1.54, 1.807) is 11.4 Å². The van der Waals surface area contributed by atoms with Gasteiger partial charge in [0.15, 0.2) is 0 Å². The molecule has 1 aliphatic heterocycles. The van der Waals surface area contributed by atoms with Crippen LogP contribution in [-0.2, 0) is 14.8 Å². The highest BCUT2D eigenvalue weighted by atomic mass is 32.2. The van der Waals surface area contributed by atoms with E-state index in [0.29, 0.717) is 25.6 Å². The van der Waals surface area contributed by atoms with Crippen LogP contribution < -0.4 is 5.32 Å². The molecule has 0 saturated carbocycles. The molecule has 6 heteroatoms. The average Bonchev–Trinajstić information content (AvgIpc) is 2.39. The van der Waals surface area contributed by atoms with E-state index in [9.17, 15) is 8.42 Å². The van der Waals surface area contributed by atoms with Crippen LogP contribution in [0.25, 0.3) is 0 Å². The van der Waals surface area contributed by atoms with E-state index in [1.807, 2.05) is 0 Å². The third-order valence-corrected chi connectivity index (χ3v) is 5.46. The van der Waals surface area contributed by atoms with Crippen molar-refractivity contribution < 1.29 is 13.2 Å². The van der Waals surface area contributed by atoms with Crippen LogP contribution in [0.1, 0.15) is 32.6 Å². The van der Waals surface area contributed by atoms with E-state index >= 15 is 0 Å². The van der Waals surface area contributed by atoms with Crippen molar-refractivity contribution in [3.05, 3.63) is 0 Å². The van der Waals surface area contributed by atoms with Crippen LogP contribution in [0, 0.1) is 5.92 Å². The van der Waals surface area contributed by atoms with E-state index < -0.39 is 10.0 Å². The first-order chi connectivity index (χ1) is 9.10. The SMILES string of the molecule is CCNCCCCS(=O)(=O)N1CCCC(COC)C1. The van der Waals surface area contributed by atoms with Crippen molar-refractivity contribution in [3.8, 4) is 0 Å². The summed E-state index contributed by atoms with van der Waals surface area (Å²) in [6, 6.07) is 0. The zero-order valence-electron chi connectivity index (χ0n) is 12.2. The monoisotopic (exact) mass is 292 g/mol. The molecule has 114 valence electrons. The zero-order valence-corrected chi connectivity index (χ0v) is 13.0. The molecule has 0 amide bonds. The van der Waals surface area contributed by atoms with Gasteiger partial charge in [0, 0.05) is 20.2 Å². The van der Waals surface area contributed by atoms with Crippen LogP contribution in [0.5, 0.6) is 0 Å². The second-order valence-electron chi connectivity index (χ2n) is 5.20. The first-order valence-electron chi connectivity index (χ1n) is 7.27. The third kappa shape index (κ3) is 6.21. The molecule has 0 spiro atoms. The molecule has 1 aliphatic rings. The van der Waals surface area contributed by atoms with Crippen LogP contribution in [0.3, 0.4) is 0 Å². The number of nitrogens with one attached hydrogen (secondary N) is 1. The maximum Gasteiger partial charge on any atom is 0.214 e. The van der Waals surface area contributed by atoms with E-state index in [0.717, 1.165) is 38.8 Å². The smallest absolute Gasteiger partial charge is 0.214 e. The molecule has 5 nitrogen and oxygen atoms in total. The summed E-state index contributed by atoms with van der Waals surface area (Å²) in [7, 11) is -1.40. The number of ether oxygens (including phenoxy) is 1. The molecule has 0 aromatic carbocycles. The minimum absolute atomic E-state index is 0.276. The summed E-state index contributed by atoms with van der Waals surface area (Å²) in [5.74, 6) is 0.633. The average molecular weight is 292 g/mol. The highest BCUT2D eigenvalue weighted by Gasteiger charge is 2.28. The number of piperidine rings is 1. The van der Waals surface area contributed by atoms with Crippen LogP contribution in [0.4, 0.5) is 0 Å². The molecule has 1 rings (SSSR count). The molecule has 0 radical (unpaired) electrons. The van der Waals surface area contributed by atoms with Crippen LogP contribution in [-0.4, -0.2) is 58.4 Å². The summed E-state index contributed by atoms with van der Waals surface area (Å²) in [6.07, 6.45) is 3.67. The van der Waals surface area contributed by atoms with Gasteiger partial charge < -0.3 is 10.1 Å². The number of hydrogen-bond donors (Lipinski definition) is 1. The van der Waals surface area contributed by atoms with Gasteiger partial charge in [0.05, 0.1) is 12.4 Å². The minimum atomic E-state index is -3.07. The fourth-order valence-corrected chi connectivity index (χ4v) is 4.16. The van der Waals surface area contributed by atoms with Crippen molar-refractivity contribution in [2.75, 3.05) is 45.6 Å². The van der Waals surface area contributed by atoms with Gasteiger partial charge in [-0.1, -0.05) is 6.92 Å². The van der Waals surface area contributed by atoms with E-state index in [-0.39, 0.29) is 5.75 Å². The van der Waals surface area contributed by atoms with Crippen LogP contribution in [0.15, 0.2) is 0 Å². The molecular formula is C13H28N2O3S. The lowest BCUT2D eigenvalue weighted by atomic mass is 10.0. The number of hydrogen-bond acceptors (Lipinski definition) is 4. The van der Waals surface area contributed by atoms with Crippen molar-refractivity contribution in [3.63, 3.8) is 0 Å². The summed E-state index contributed by atoms with van der Waals surface area (Å²) in [5, 5.41) is 3.21. The largest absolute Gasteiger partial charge is 0.384 e. The standard InChI is InChI=1S/C13H28N2O3S/c1-3-14-8-4-5-10-19(16,17)15-9-6-7-13(11-15)12-18-2/h13-14H,3-12H2,1-2H3. The lowest BCUT2D eigenvalue weighted by Gasteiger charge is -2.31. The highest BCUT2D eigenvalue weighted by Crippen LogP contribution is 2.20. The molecule has 1 fully saturated rings. The van der Waals surface area contributed by atoms with E-state index in [2.05, 4.69) is 12.2 Å². The maximum atomic E-state index is 12.2. The molecule has 1 saturated heterocycles. The Kier molecular flexibility index (Phi) is 7.90. The van der Waals surface area contributed by atoms with Gasteiger partial charge in [0.1, 0.15) is 0 Å². The normalized spacial score (nSPS) is 21.7. The number of methoxy groups -OCH3 is 1. The Morgan fingerprint density at radius 2 is 2.16 bits per heavy atom. The van der Waals surface area contributed by atoms with Gasteiger partial charge in [-0.3, -0.25) is 0 Å². The maximum absolute atomic E-state index is 12.2. The molecule has 1 N–H and O–H groups in total. The van der Waals surface area contributed by atoms with E-state index in [1.165, 1.54) is 0 Å². The number of sulfonamides is 1. The fraction of sp³-hybridized carbons (Fsp3) is 1.00. The second kappa shape index (κ2) is 8.89. The quantitative estimate of drug-likeness (QED) is 0.646. The topological polar surface area (TPSA) is 58.6 Å². The van der Waals surface area contributed by atoms with Crippen molar-refractivity contribution in [1.82, 2.24) is 9.62 Å². The lowest BCUT2D eigenvalue weighted by Crippen LogP contribution is -2.42. The fourth-order valence-electron chi connectivity index (χ4n) is 2.49. The lowest BCUT2D eigenvalue weighted by molar-refractivity contribution is 0.118. The Labute approximate surface area is 117 Å². The summed E-state index contributed by atoms with van der Waals surface area (Å²) in [5.41, 5.74) is 0. The molecule has 0 aromatic heterocycles. The van der Waals surface area contributed by atoms with Crippen molar-refractivity contribution in [1.29, 1.82) is 0 Å². The summed E-state index contributed by atoms with van der Waals surface area (Å²) >= 11 is 0. The van der Waals surface area contributed by atoms with Crippen molar-refractivity contribution in [2.45, 2.75) is 32.6 Å². The van der Waals surface area contributed by atoms with Crippen molar-refractivity contribution >= 4 is 10.0 Å². The Morgan fingerprint density at radius 3 is 2.84 bits per heavy atom. The Morgan fingerprint density at radius 1 is 1.37 bits per heavy atom. The Bertz CT molecular complexity index is 331. The van der Waals surface area contributed by atoms with Gasteiger partial charge in [-0.25, -0.2) is 12.7 Å². The number of unbranched alkanes of at least 4 members (excludes halogenated alkanes) is 1. The number of nitrogens with zero attached hydrogens (tertiary/aromatic N) is 1. The molecule has 1 atom stereocenters. The van der Waals surface area contributed by atoms with Gasteiger partial charge in [-0.05, 0) is 44.7 Å². The Hall–Kier alpha value is -0.170. The van der Waals surface area contributed by atoms with E-state index in [4.69, 9.17) is 4.74 Å². The molecule has 19 heavy (non-hydrogen) atoms. The summed E-state index contributed by atoms with van der Waals surface area (Å²) in [6.45, 7) is 5.86. The second-order valence-corrected chi connectivity index (χ2v) is 7.29. The minimum Gasteiger partial charge on any atom is -0.384 e. The third-order valence-electron chi connectivity index (χ3n) is 3.53. The predicted molar refractivity (Wildman–Crippen MR) is 77.7 cm³/mol. The first-order valence-corrected chi connectivity index (χ1v) is 8.88. The van der Waals surface area contributed by atoms with Gasteiger partial charge >= 0.3 is 0 Å². The Balaban J connectivity index is 2.34. The van der Waals surface area contributed by atoms with Crippen LogP contribution >= 0.6 is 0 Å². The van der Waals surface area contributed by atoms with Gasteiger partial charge in [-0.15, -0.1) is 0 Å². The highest BCUT2D eigenvalue weighted by molar-refractivity contribution is 7.89. The molecule has 1 heterocycles. The molecule has 1 unspecified atom stereocenters. The van der Waals surface area contributed by atoms with Gasteiger partial charge in [-0.2, -0.15) is 0 Å². The first kappa shape index (κ1) is 16.9. The van der Waals surface area contributed by atoms with Gasteiger partial charge in [0.25, 0.3) is 0 Å². The number of rotatable bonds is 9. The molecule has 0 aliphatic carbocycles. The summed E-state index contributed by atoms with van der Waals surface area (Å²) in [4.78, 5) is 0. The van der Waals surface area contributed by atoms with Crippen LogP contribution in [0.2, 0.25) is 0 Å². The molecule has 0 bridgehead atoms. The summed E-state index contributed by atoms with van der Waals surface area (Å²) < 4.78 is 31.3. The molecular weight excluding hydrogens is 264 g/mol. The van der Waals surface area contributed by atoms with Gasteiger partial charge in [0.2, 0.25) is 10.0 Å².